The lowest BCUT2D eigenvalue weighted by Gasteiger charge is -2.37. The first kappa shape index (κ1) is 13.7. The quantitative estimate of drug-likeness (QED) is 0.712. The van der Waals surface area contributed by atoms with Crippen LogP contribution in [0.5, 0.6) is 0 Å². The van der Waals surface area contributed by atoms with Crippen LogP contribution < -0.4 is 16.4 Å². The van der Waals surface area contributed by atoms with E-state index in [2.05, 4.69) is 0 Å². The molecule has 1 aliphatic rings. The van der Waals surface area contributed by atoms with Gasteiger partial charge in [-0.25, -0.2) is 0 Å². The van der Waals surface area contributed by atoms with Crippen LogP contribution in [0.4, 0.5) is 11.4 Å². The van der Waals surface area contributed by atoms with Crippen LogP contribution in [0.3, 0.4) is 0 Å². The first-order chi connectivity index (χ1) is 9.00. The third-order valence-corrected chi connectivity index (χ3v) is 3.86. The summed E-state index contributed by atoms with van der Waals surface area (Å²) >= 11 is 0. The summed E-state index contributed by atoms with van der Waals surface area (Å²) in [6.45, 7) is 0. The summed E-state index contributed by atoms with van der Waals surface area (Å²) in [6.07, 6.45) is 3.46. The normalized spacial score (nSPS) is 23.1. The topological polar surface area (TPSA) is 92.6 Å². The number of carbonyl (C=O) groups excluding carboxylic acids is 1. The molecule has 1 aromatic carbocycles. The summed E-state index contributed by atoms with van der Waals surface area (Å²) < 4.78 is 0. The lowest BCUT2D eigenvalue weighted by Crippen LogP contribution is -2.44. The van der Waals surface area contributed by atoms with Gasteiger partial charge in [0.1, 0.15) is 0 Å². The molecule has 1 aliphatic carbocycles. The van der Waals surface area contributed by atoms with Crippen LogP contribution in [-0.2, 0) is 0 Å². The third kappa shape index (κ3) is 2.81. The Morgan fingerprint density at radius 1 is 1.37 bits per heavy atom. The molecule has 104 valence electrons. The highest BCUT2D eigenvalue weighted by Crippen LogP contribution is 2.30. The third-order valence-electron chi connectivity index (χ3n) is 3.86. The number of hydrogen-bond donors (Lipinski definition) is 3. The fourth-order valence-corrected chi connectivity index (χ4v) is 2.77. The molecule has 0 saturated heterocycles. The lowest BCUT2D eigenvalue weighted by atomic mass is 9.91. The molecule has 0 heterocycles. The van der Waals surface area contributed by atoms with E-state index in [0.29, 0.717) is 16.9 Å². The predicted octanol–water partition coefficient (Wildman–Crippen LogP) is 1.11. The van der Waals surface area contributed by atoms with Gasteiger partial charge < -0.3 is 21.5 Å². The Balaban J connectivity index is 2.34. The lowest BCUT2D eigenvalue weighted by molar-refractivity contribution is 0.0992. The number of anilines is 2. The molecule has 2 unspecified atom stereocenters. The number of aliphatic hydroxyl groups is 1. The van der Waals surface area contributed by atoms with E-state index in [1.165, 1.54) is 0 Å². The number of carbonyl (C=O) groups is 1. The smallest absolute Gasteiger partial charge is 0.250 e. The molecule has 5 heteroatoms. The van der Waals surface area contributed by atoms with Crippen LogP contribution in [0.1, 0.15) is 36.0 Å². The van der Waals surface area contributed by atoms with Gasteiger partial charge in [0.05, 0.1) is 23.4 Å². The zero-order valence-electron chi connectivity index (χ0n) is 11.2. The van der Waals surface area contributed by atoms with Crippen molar-refractivity contribution in [1.29, 1.82) is 0 Å². The first-order valence-corrected chi connectivity index (χ1v) is 6.61. The number of amides is 1. The molecule has 1 saturated carbocycles. The second kappa shape index (κ2) is 5.48. The van der Waals surface area contributed by atoms with Gasteiger partial charge in [-0.2, -0.15) is 0 Å². The fraction of sp³-hybridized carbons (Fsp3) is 0.500. The van der Waals surface area contributed by atoms with Crippen molar-refractivity contribution in [3.63, 3.8) is 0 Å². The zero-order valence-corrected chi connectivity index (χ0v) is 11.2. The summed E-state index contributed by atoms with van der Waals surface area (Å²) in [5.74, 6) is -0.479. The van der Waals surface area contributed by atoms with E-state index >= 15 is 0 Å². The summed E-state index contributed by atoms with van der Waals surface area (Å²) in [4.78, 5) is 13.4. The first-order valence-electron chi connectivity index (χ1n) is 6.61. The Hall–Kier alpha value is -1.75. The number of nitrogen functional groups attached to an aromatic ring is 1. The molecular formula is C14H21N3O2. The molecule has 1 fully saturated rings. The number of nitrogens with two attached hydrogens (primary N) is 2. The Bertz CT molecular complexity index is 476. The second-order valence-corrected chi connectivity index (χ2v) is 5.17. The van der Waals surface area contributed by atoms with Gasteiger partial charge in [0.15, 0.2) is 0 Å². The second-order valence-electron chi connectivity index (χ2n) is 5.17. The number of likely N-dealkylation sites (N-methyl/N-ethyl adjacent to an activating group) is 1. The molecule has 5 N–H and O–H groups in total. The van der Waals surface area contributed by atoms with Crippen molar-refractivity contribution in [2.75, 3.05) is 17.7 Å². The van der Waals surface area contributed by atoms with Gasteiger partial charge >= 0.3 is 0 Å². The Labute approximate surface area is 113 Å². The average molecular weight is 263 g/mol. The Morgan fingerprint density at radius 3 is 2.68 bits per heavy atom. The zero-order chi connectivity index (χ0) is 14.0. The van der Waals surface area contributed by atoms with Crippen molar-refractivity contribution in [1.82, 2.24) is 0 Å². The van der Waals surface area contributed by atoms with Gasteiger partial charge in [0.25, 0.3) is 5.91 Å². The minimum Gasteiger partial charge on any atom is -0.399 e. The number of primary amides is 1. The van der Waals surface area contributed by atoms with Crippen molar-refractivity contribution in [3.05, 3.63) is 23.8 Å². The summed E-state index contributed by atoms with van der Waals surface area (Å²) in [5, 5.41) is 10.1. The van der Waals surface area contributed by atoms with Crippen LogP contribution in [-0.4, -0.2) is 30.2 Å². The van der Waals surface area contributed by atoms with Crippen LogP contribution in [0.25, 0.3) is 0 Å². The standard InChI is InChI=1S/C14H21N3O2/c1-17(11-4-2-3-5-13(11)18)12-8-9(15)6-7-10(12)14(16)19/h6-8,11,13,18H,2-5,15H2,1H3,(H2,16,19). The highest BCUT2D eigenvalue weighted by Gasteiger charge is 2.28. The fourth-order valence-electron chi connectivity index (χ4n) is 2.77. The van der Waals surface area contributed by atoms with Crippen LogP contribution in [0.2, 0.25) is 0 Å². The van der Waals surface area contributed by atoms with Crippen molar-refractivity contribution in [2.45, 2.75) is 37.8 Å². The number of rotatable bonds is 3. The molecule has 0 aliphatic heterocycles. The molecule has 1 amide bonds. The molecule has 5 nitrogen and oxygen atoms in total. The molecule has 0 spiro atoms. The minimum atomic E-state index is -0.479. The molecule has 2 rings (SSSR count). The van der Waals surface area contributed by atoms with Gasteiger partial charge in [-0.1, -0.05) is 12.8 Å². The maximum Gasteiger partial charge on any atom is 0.250 e. The van der Waals surface area contributed by atoms with Crippen molar-refractivity contribution >= 4 is 17.3 Å². The molecule has 0 aromatic heterocycles. The van der Waals surface area contributed by atoms with E-state index in [1.807, 2.05) is 11.9 Å². The summed E-state index contributed by atoms with van der Waals surface area (Å²) in [5.41, 5.74) is 12.9. The van der Waals surface area contributed by atoms with Crippen LogP contribution >= 0.6 is 0 Å². The van der Waals surface area contributed by atoms with Crippen LogP contribution in [0, 0.1) is 0 Å². The van der Waals surface area contributed by atoms with Gasteiger partial charge in [0, 0.05) is 12.7 Å². The molecular weight excluding hydrogens is 242 g/mol. The van der Waals surface area contributed by atoms with E-state index < -0.39 is 5.91 Å². The highest BCUT2D eigenvalue weighted by atomic mass is 16.3. The molecule has 0 radical (unpaired) electrons. The minimum absolute atomic E-state index is 0.00801. The van der Waals surface area contributed by atoms with E-state index in [1.54, 1.807) is 18.2 Å². The van der Waals surface area contributed by atoms with Gasteiger partial charge in [-0.3, -0.25) is 4.79 Å². The Morgan fingerprint density at radius 2 is 2.05 bits per heavy atom. The molecule has 0 bridgehead atoms. The van der Waals surface area contributed by atoms with E-state index in [4.69, 9.17) is 11.5 Å². The number of benzene rings is 1. The predicted molar refractivity (Wildman–Crippen MR) is 76.0 cm³/mol. The monoisotopic (exact) mass is 263 g/mol. The number of hydrogen-bond acceptors (Lipinski definition) is 4. The number of nitrogens with zero attached hydrogens (tertiary/aromatic N) is 1. The van der Waals surface area contributed by atoms with Crippen LogP contribution in [0.15, 0.2) is 18.2 Å². The highest BCUT2D eigenvalue weighted by molar-refractivity contribution is 5.99. The van der Waals surface area contributed by atoms with E-state index in [0.717, 1.165) is 25.7 Å². The summed E-state index contributed by atoms with van der Waals surface area (Å²) in [6, 6.07) is 5.04. The van der Waals surface area contributed by atoms with Crippen molar-refractivity contribution in [3.8, 4) is 0 Å². The molecule has 1 aromatic rings. The van der Waals surface area contributed by atoms with Gasteiger partial charge in [0.2, 0.25) is 0 Å². The number of aliphatic hydroxyl groups excluding tert-OH is 1. The van der Waals surface area contributed by atoms with E-state index in [-0.39, 0.29) is 12.1 Å². The maximum atomic E-state index is 11.5. The van der Waals surface area contributed by atoms with Crippen molar-refractivity contribution in [2.24, 2.45) is 5.73 Å². The van der Waals surface area contributed by atoms with Gasteiger partial charge in [-0.05, 0) is 31.0 Å². The van der Waals surface area contributed by atoms with Gasteiger partial charge in [-0.15, -0.1) is 0 Å². The largest absolute Gasteiger partial charge is 0.399 e. The average Bonchev–Trinajstić information content (AvgIpc) is 2.38. The SMILES string of the molecule is CN(c1cc(N)ccc1C(N)=O)C1CCCCC1O. The summed E-state index contributed by atoms with van der Waals surface area (Å²) in [7, 11) is 1.88. The van der Waals surface area contributed by atoms with E-state index in [9.17, 15) is 9.90 Å². The van der Waals surface area contributed by atoms with Crippen molar-refractivity contribution < 1.29 is 9.90 Å². The molecule has 2 atom stereocenters. The Kier molecular flexibility index (Phi) is 3.95. The maximum absolute atomic E-state index is 11.5. The molecule has 19 heavy (non-hydrogen) atoms.